The van der Waals surface area contributed by atoms with Crippen LogP contribution >= 0.6 is 0 Å². The van der Waals surface area contributed by atoms with Crippen LogP contribution in [0.2, 0.25) is 0 Å². The number of rotatable bonds is 9. The average Bonchev–Trinajstić information content (AvgIpc) is 3.72. The molecule has 0 saturated heterocycles. The molecule has 3 aliphatic carbocycles. The van der Waals surface area contributed by atoms with Gasteiger partial charge in [0.1, 0.15) is 0 Å². The largest absolute Gasteiger partial charge is 0.345 e. The Labute approximate surface area is 237 Å². The Bertz CT molecular complexity index is 1230. The molecule has 2 heteroatoms. The summed E-state index contributed by atoms with van der Waals surface area (Å²) in [6.45, 7) is 10.4. The molecule has 0 amide bonds. The van der Waals surface area contributed by atoms with E-state index in [1.165, 1.54) is 110 Å². The summed E-state index contributed by atoms with van der Waals surface area (Å²) in [7, 11) is 0. The molecule has 1 aliphatic heterocycles. The Kier molecular flexibility index (Phi) is 8.09. The summed E-state index contributed by atoms with van der Waals surface area (Å²) in [5.41, 5.74) is 11.4. The predicted molar refractivity (Wildman–Crippen MR) is 168 cm³/mol. The van der Waals surface area contributed by atoms with Crippen molar-refractivity contribution < 1.29 is 0 Å². The molecule has 3 saturated carbocycles. The van der Waals surface area contributed by atoms with Gasteiger partial charge in [-0.25, -0.2) is 0 Å². The van der Waals surface area contributed by atoms with E-state index in [0.717, 1.165) is 37.1 Å². The SMILES string of the molecule is C=C(C1CCCCC1)N(CC1CCC(c2ccc(CC)c(C)c2)CC1)c1cccc(C2=CN=C(C3CC3)C2)c1. The van der Waals surface area contributed by atoms with E-state index in [4.69, 9.17) is 11.6 Å². The Morgan fingerprint density at radius 1 is 0.897 bits per heavy atom. The molecule has 0 unspecified atom stereocenters. The zero-order valence-corrected chi connectivity index (χ0v) is 24.4. The normalized spacial score (nSPS) is 23.8. The van der Waals surface area contributed by atoms with Gasteiger partial charge in [-0.05, 0) is 128 Å². The number of hydrogen-bond acceptors (Lipinski definition) is 2. The highest BCUT2D eigenvalue weighted by molar-refractivity contribution is 6.01. The molecular weight excluding hydrogens is 472 g/mol. The average molecular weight is 521 g/mol. The van der Waals surface area contributed by atoms with Crippen LogP contribution in [0.1, 0.15) is 112 Å². The maximum atomic E-state index is 4.80. The zero-order chi connectivity index (χ0) is 26.8. The van der Waals surface area contributed by atoms with E-state index in [1.807, 2.05) is 0 Å². The van der Waals surface area contributed by atoms with Crippen molar-refractivity contribution in [2.24, 2.45) is 22.7 Å². The highest BCUT2D eigenvalue weighted by Crippen LogP contribution is 2.41. The Morgan fingerprint density at radius 3 is 2.38 bits per heavy atom. The lowest BCUT2D eigenvalue weighted by atomic mass is 9.77. The summed E-state index contributed by atoms with van der Waals surface area (Å²) < 4.78 is 0. The number of aryl methyl sites for hydroxylation is 2. The second-order valence-corrected chi connectivity index (χ2v) is 13.0. The number of aliphatic imine (C=N–C) groups is 1. The van der Waals surface area contributed by atoms with Gasteiger partial charge in [-0.15, -0.1) is 0 Å². The van der Waals surface area contributed by atoms with Crippen LogP contribution in [-0.4, -0.2) is 12.3 Å². The molecule has 2 nitrogen and oxygen atoms in total. The van der Waals surface area contributed by atoms with Crippen LogP contribution in [0.5, 0.6) is 0 Å². The molecule has 0 N–H and O–H groups in total. The van der Waals surface area contributed by atoms with Crippen molar-refractivity contribution >= 4 is 17.0 Å². The second kappa shape index (κ2) is 11.9. The van der Waals surface area contributed by atoms with Gasteiger partial charge in [0.05, 0.1) is 0 Å². The minimum atomic E-state index is 0.634. The smallest absolute Gasteiger partial charge is 0.0414 e. The fraction of sp³-hybridized carbons (Fsp3) is 0.541. The fourth-order valence-corrected chi connectivity index (χ4v) is 7.51. The summed E-state index contributed by atoms with van der Waals surface area (Å²) in [6, 6.07) is 16.6. The van der Waals surface area contributed by atoms with Gasteiger partial charge in [0, 0.05) is 36.3 Å². The van der Waals surface area contributed by atoms with Gasteiger partial charge < -0.3 is 4.90 Å². The molecule has 0 bridgehead atoms. The summed E-state index contributed by atoms with van der Waals surface area (Å²) in [5, 5.41) is 0. The molecule has 206 valence electrons. The minimum absolute atomic E-state index is 0.634. The van der Waals surface area contributed by atoms with E-state index >= 15 is 0 Å². The first kappa shape index (κ1) is 26.6. The summed E-state index contributed by atoms with van der Waals surface area (Å²) in [5.74, 6) is 2.85. The van der Waals surface area contributed by atoms with E-state index in [-0.39, 0.29) is 0 Å². The van der Waals surface area contributed by atoms with Crippen molar-refractivity contribution in [3.05, 3.63) is 83.2 Å². The van der Waals surface area contributed by atoms with Crippen molar-refractivity contribution in [1.29, 1.82) is 0 Å². The van der Waals surface area contributed by atoms with Gasteiger partial charge in [0.2, 0.25) is 0 Å². The lowest BCUT2D eigenvalue weighted by Crippen LogP contribution is -2.34. The molecule has 2 aromatic carbocycles. The molecule has 0 aromatic heterocycles. The predicted octanol–water partition coefficient (Wildman–Crippen LogP) is 10.0. The van der Waals surface area contributed by atoms with Gasteiger partial charge in [-0.1, -0.05) is 63.1 Å². The fourth-order valence-electron chi connectivity index (χ4n) is 7.51. The monoisotopic (exact) mass is 520 g/mol. The maximum Gasteiger partial charge on any atom is 0.0414 e. The van der Waals surface area contributed by atoms with Gasteiger partial charge in [0.15, 0.2) is 0 Å². The van der Waals surface area contributed by atoms with Crippen LogP contribution in [-0.2, 0) is 6.42 Å². The van der Waals surface area contributed by atoms with Crippen LogP contribution in [0.25, 0.3) is 5.57 Å². The van der Waals surface area contributed by atoms with E-state index in [1.54, 1.807) is 5.56 Å². The van der Waals surface area contributed by atoms with Crippen molar-refractivity contribution in [3.8, 4) is 0 Å². The van der Waals surface area contributed by atoms with Crippen LogP contribution < -0.4 is 4.90 Å². The quantitative estimate of drug-likeness (QED) is 0.321. The molecule has 6 rings (SSSR count). The van der Waals surface area contributed by atoms with Gasteiger partial charge >= 0.3 is 0 Å². The van der Waals surface area contributed by atoms with Crippen molar-refractivity contribution in [3.63, 3.8) is 0 Å². The molecule has 0 radical (unpaired) electrons. The molecule has 0 spiro atoms. The molecule has 39 heavy (non-hydrogen) atoms. The van der Waals surface area contributed by atoms with Gasteiger partial charge in [-0.2, -0.15) is 0 Å². The van der Waals surface area contributed by atoms with Crippen molar-refractivity contribution in [1.82, 2.24) is 0 Å². The van der Waals surface area contributed by atoms with Crippen LogP contribution in [0.4, 0.5) is 5.69 Å². The lowest BCUT2D eigenvalue weighted by Gasteiger charge is -2.38. The lowest BCUT2D eigenvalue weighted by molar-refractivity contribution is 0.323. The molecule has 2 aromatic rings. The minimum Gasteiger partial charge on any atom is -0.345 e. The number of anilines is 1. The summed E-state index contributed by atoms with van der Waals surface area (Å²) in [4.78, 5) is 7.44. The van der Waals surface area contributed by atoms with Gasteiger partial charge in [0.25, 0.3) is 0 Å². The molecule has 3 fully saturated rings. The zero-order valence-electron chi connectivity index (χ0n) is 24.4. The van der Waals surface area contributed by atoms with E-state index in [0.29, 0.717) is 5.92 Å². The van der Waals surface area contributed by atoms with E-state index in [9.17, 15) is 0 Å². The topological polar surface area (TPSA) is 15.6 Å². The van der Waals surface area contributed by atoms with E-state index in [2.05, 4.69) is 67.4 Å². The molecule has 4 aliphatic rings. The molecule has 1 heterocycles. The number of benzene rings is 2. The van der Waals surface area contributed by atoms with Crippen LogP contribution in [0, 0.1) is 24.7 Å². The first-order valence-electron chi connectivity index (χ1n) is 16.0. The first-order valence-corrected chi connectivity index (χ1v) is 16.0. The van der Waals surface area contributed by atoms with Crippen molar-refractivity contribution in [2.75, 3.05) is 11.4 Å². The number of nitrogens with zero attached hydrogens (tertiary/aromatic N) is 2. The van der Waals surface area contributed by atoms with Gasteiger partial charge in [-0.3, -0.25) is 4.99 Å². The van der Waals surface area contributed by atoms with Crippen molar-refractivity contribution in [2.45, 2.75) is 103 Å². The van der Waals surface area contributed by atoms with Crippen LogP contribution in [0.3, 0.4) is 0 Å². The third kappa shape index (κ3) is 6.11. The third-order valence-corrected chi connectivity index (χ3v) is 10.3. The maximum absolute atomic E-state index is 4.80. The number of allylic oxidation sites excluding steroid dienone is 2. The second-order valence-electron chi connectivity index (χ2n) is 13.0. The highest BCUT2D eigenvalue weighted by Gasteiger charge is 2.31. The molecule has 0 atom stereocenters. The highest BCUT2D eigenvalue weighted by atomic mass is 15.1. The summed E-state index contributed by atoms with van der Waals surface area (Å²) >= 11 is 0. The Balaban J connectivity index is 1.16. The number of hydrogen-bond donors (Lipinski definition) is 0. The first-order chi connectivity index (χ1) is 19.1. The Morgan fingerprint density at radius 2 is 1.67 bits per heavy atom. The Hall–Kier alpha value is -2.61. The van der Waals surface area contributed by atoms with E-state index < -0.39 is 0 Å². The standard InChI is InChI=1S/C37H48N2/c1-4-29-17-20-34(21-26(29)2)31-15-13-28(14-16-31)25-39(27(3)30-9-6-5-7-10-30)36-12-8-11-33(22-36)35-23-37(38-24-35)32-18-19-32/h8,11-12,17,20-22,24,28,30-32H,3-7,9-10,13-16,18-19,23,25H2,1-2H3. The third-order valence-electron chi connectivity index (χ3n) is 10.3. The summed E-state index contributed by atoms with van der Waals surface area (Å²) in [6.07, 6.45) is 18.9. The molecular formula is C37H48N2. The van der Waals surface area contributed by atoms with Crippen LogP contribution in [0.15, 0.2) is 65.9 Å².